The first-order valence-electron chi connectivity index (χ1n) is 18.1. The molecule has 12 heteroatoms. The van der Waals surface area contributed by atoms with E-state index in [0.29, 0.717) is 22.5 Å². The number of halogens is 2. The second-order valence-electron chi connectivity index (χ2n) is 13.9. The summed E-state index contributed by atoms with van der Waals surface area (Å²) in [6, 6.07) is 31.1. The zero-order valence-electron chi connectivity index (χ0n) is 31.4. The van der Waals surface area contributed by atoms with Gasteiger partial charge in [-0.1, -0.05) is 24.3 Å². The minimum absolute atomic E-state index is 0. The van der Waals surface area contributed by atoms with Gasteiger partial charge < -0.3 is 46.2 Å². The molecule has 8 bridgehead atoms. The maximum atomic E-state index is 12.4. The predicted octanol–water partition coefficient (Wildman–Crippen LogP) is 1.18. The van der Waals surface area contributed by atoms with Crippen LogP contribution in [0.1, 0.15) is 43.5 Å². The van der Waals surface area contributed by atoms with Crippen molar-refractivity contribution < 1.29 is 43.5 Å². The van der Waals surface area contributed by atoms with E-state index in [4.69, 9.17) is 21.4 Å². The number of nitrogens with one attached hydrogen (secondary N) is 2. The van der Waals surface area contributed by atoms with Crippen molar-refractivity contribution in [3.8, 4) is 44.5 Å². The van der Waals surface area contributed by atoms with Crippen LogP contribution in [0.3, 0.4) is 0 Å². The van der Waals surface area contributed by atoms with E-state index in [-0.39, 0.29) is 24.8 Å². The van der Waals surface area contributed by atoms with Gasteiger partial charge in [-0.3, -0.25) is 9.59 Å². The van der Waals surface area contributed by atoms with E-state index in [9.17, 15) is 9.59 Å². The van der Waals surface area contributed by atoms with Gasteiger partial charge in [-0.25, -0.2) is 19.1 Å². The number of primary amides is 2. The first-order valence-corrected chi connectivity index (χ1v) is 18.1. The smallest absolute Gasteiger partial charge is 0.248 e. The lowest BCUT2D eigenvalue weighted by Gasteiger charge is -2.07. The number of aromatic amines is 2. The molecule has 286 valence electrons. The number of hydrogen-bond donors (Lipinski definition) is 4. The summed E-state index contributed by atoms with van der Waals surface area (Å²) in [5, 5.41) is 0. The third-order valence-corrected chi connectivity index (χ3v) is 10.2. The van der Waals surface area contributed by atoms with Crippen molar-refractivity contribution in [1.29, 1.82) is 0 Å². The maximum absolute atomic E-state index is 12.4. The Labute approximate surface area is 346 Å². The summed E-state index contributed by atoms with van der Waals surface area (Å²) < 4.78 is 3.97. The molecule has 58 heavy (non-hydrogen) atoms. The molecule has 0 saturated heterocycles. The highest BCUT2D eigenvalue weighted by Gasteiger charge is 2.21. The molecular formula is C46H36Cl2N8O2. The fraction of sp³-hybridized carbons (Fsp3) is 0.0435. The SMILES string of the molecule is C[n+]1ccc(-c2c3nc(c(-c4cccc(C(N)=O)c4)c4ccc([nH]4)c(-c4cc[n+](C)cc4)c4ccc([nH]4)c(-c4cccc(C(N)=O)c4)c4nc2C=C4)C=C3)cc1.[Cl-].[Cl-]. The van der Waals surface area contributed by atoms with Crippen LogP contribution < -0.4 is 45.4 Å². The number of carbonyl (C=O) groups excluding carboxylic acids is 2. The Bertz CT molecular complexity index is 2850. The summed E-state index contributed by atoms with van der Waals surface area (Å²) in [5.41, 5.74) is 25.4. The number of aromatic nitrogens is 6. The minimum Gasteiger partial charge on any atom is -1.00 e. The topological polar surface area (TPSA) is 151 Å². The Balaban J connectivity index is 0.00000256. The number of carbonyl (C=O) groups is 2. The number of nitrogens with zero attached hydrogens (tertiary/aromatic N) is 4. The third-order valence-electron chi connectivity index (χ3n) is 10.2. The Kier molecular flexibility index (Phi) is 10.6. The molecule has 2 aliphatic rings. The Morgan fingerprint density at radius 2 is 0.810 bits per heavy atom. The summed E-state index contributed by atoms with van der Waals surface area (Å²) in [4.78, 5) is 42.8. The van der Waals surface area contributed by atoms with Gasteiger partial charge in [0.2, 0.25) is 11.8 Å². The number of rotatable bonds is 6. The lowest BCUT2D eigenvalue weighted by Crippen LogP contribution is -3.00. The molecule has 7 aromatic rings. The molecule has 0 unspecified atom stereocenters. The fourth-order valence-corrected chi connectivity index (χ4v) is 7.41. The van der Waals surface area contributed by atoms with Gasteiger partial charge in [0.1, 0.15) is 14.1 Å². The third kappa shape index (κ3) is 7.18. The molecule has 0 saturated carbocycles. The van der Waals surface area contributed by atoms with Crippen LogP contribution in [-0.2, 0) is 14.1 Å². The monoisotopic (exact) mass is 802 g/mol. The van der Waals surface area contributed by atoms with Crippen molar-refractivity contribution in [2.45, 2.75) is 0 Å². The van der Waals surface area contributed by atoms with Crippen LogP contribution in [0, 0.1) is 0 Å². The molecule has 2 amide bonds. The number of hydrogen-bond acceptors (Lipinski definition) is 4. The molecule has 2 aliphatic heterocycles. The second kappa shape index (κ2) is 15.8. The van der Waals surface area contributed by atoms with Gasteiger partial charge in [-0.2, -0.15) is 0 Å². The number of aryl methyl sites for hydroxylation is 2. The average molecular weight is 804 g/mol. The van der Waals surface area contributed by atoms with Gasteiger partial charge in [0.05, 0.1) is 22.8 Å². The average Bonchev–Trinajstić information content (AvgIpc) is 4.04. The molecule has 0 fully saturated rings. The van der Waals surface area contributed by atoms with E-state index in [2.05, 4.69) is 34.2 Å². The first kappa shape index (κ1) is 39.1. The molecule has 5 aromatic heterocycles. The van der Waals surface area contributed by atoms with E-state index in [0.717, 1.165) is 78.0 Å². The van der Waals surface area contributed by atoms with Gasteiger partial charge >= 0.3 is 0 Å². The molecule has 0 atom stereocenters. The number of benzene rings is 2. The molecule has 10 nitrogen and oxygen atoms in total. The Morgan fingerprint density at radius 3 is 1.19 bits per heavy atom. The highest BCUT2D eigenvalue weighted by molar-refractivity contribution is 6.02. The highest BCUT2D eigenvalue weighted by Crippen LogP contribution is 2.38. The van der Waals surface area contributed by atoms with Crippen molar-refractivity contribution in [1.82, 2.24) is 19.9 Å². The van der Waals surface area contributed by atoms with Crippen LogP contribution >= 0.6 is 0 Å². The van der Waals surface area contributed by atoms with Crippen molar-refractivity contribution >= 4 is 58.2 Å². The predicted molar refractivity (Wildman–Crippen MR) is 220 cm³/mol. The molecule has 0 radical (unpaired) electrons. The molecular weight excluding hydrogens is 767 g/mol. The van der Waals surface area contributed by atoms with Gasteiger partial charge in [-0.15, -0.1) is 0 Å². The van der Waals surface area contributed by atoms with Crippen LogP contribution in [0.2, 0.25) is 0 Å². The van der Waals surface area contributed by atoms with Crippen molar-refractivity contribution in [3.63, 3.8) is 0 Å². The standard InChI is InChI=1S/C46H34N8O2.2ClH/c1-53-21-17-27(18-22-53)41-33-9-13-37(49-33)43(29-5-3-7-31(25-29)45(47)55)39-15-11-35(51-39)42(28-19-23-54(2)24-20-28)36-12-16-40(52-36)44(38-14-10-34(41)50-38)30-6-4-8-32(26-30)46(48)56;;/h3-26H,1-2H3,(H4-,47,48,49,50,51,52,55,56);2*1H. The zero-order chi connectivity index (χ0) is 38.5. The lowest BCUT2D eigenvalue weighted by atomic mass is 10.0. The summed E-state index contributed by atoms with van der Waals surface area (Å²) in [5.74, 6) is -1.02. The van der Waals surface area contributed by atoms with Crippen LogP contribution in [0.5, 0.6) is 0 Å². The van der Waals surface area contributed by atoms with Crippen LogP contribution in [0.15, 0.2) is 122 Å². The second-order valence-corrected chi connectivity index (χ2v) is 13.9. The molecule has 7 heterocycles. The number of nitrogens with two attached hydrogens (primary N) is 2. The fourth-order valence-electron chi connectivity index (χ4n) is 7.41. The van der Waals surface area contributed by atoms with Gasteiger partial charge in [-0.05, 0) is 95.1 Å². The van der Waals surface area contributed by atoms with E-state index in [1.54, 1.807) is 24.3 Å². The van der Waals surface area contributed by atoms with Crippen molar-refractivity contribution in [2.24, 2.45) is 25.6 Å². The van der Waals surface area contributed by atoms with Crippen molar-refractivity contribution in [3.05, 3.63) is 156 Å². The molecule has 0 aliphatic carbocycles. The number of amides is 2. The zero-order valence-corrected chi connectivity index (χ0v) is 32.9. The van der Waals surface area contributed by atoms with Crippen LogP contribution in [0.4, 0.5) is 0 Å². The molecule has 2 aromatic carbocycles. The van der Waals surface area contributed by atoms with E-state index in [1.165, 1.54) is 0 Å². The highest BCUT2D eigenvalue weighted by atomic mass is 35.5. The normalized spacial score (nSPS) is 11.5. The van der Waals surface area contributed by atoms with Gasteiger partial charge in [0, 0.05) is 79.7 Å². The summed E-state index contributed by atoms with van der Waals surface area (Å²) in [6.45, 7) is 0. The lowest BCUT2D eigenvalue weighted by molar-refractivity contribution is -0.671. The summed E-state index contributed by atoms with van der Waals surface area (Å²) >= 11 is 0. The van der Waals surface area contributed by atoms with Crippen LogP contribution in [-0.4, -0.2) is 31.8 Å². The van der Waals surface area contributed by atoms with E-state index in [1.807, 2.05) is 121 Å². The van der Waals surface area contributed by atoms with Crippen molar-refractivity contribution in [2.75, 3.05) is 0 Å². The molecule has 0 spiro atoms. The number of H-pyrrole nitrogens is 2. The van der Waals surface area contributed by atoms with Gasteiger partial charge in [0.15, 0.2) is 24.8 Å². The Hall–Kier alpha value is -7.14. The summed E-state index contributed by atoms with van der Waals surface area (Å²) in [7, 11) is 3.96. The first-order chi connectivity index (χ1) is 27.2. The van der Waals surface area contributed by atoms with E-state index < -0.39 is 11.8 Å². The summed E-state index contributed by atoms with van der Waals surface area (Å²) in [6.07, 6.45) is 16.0. The quantitative estimate of drug-likeness (QED) is 0.187. The van der Waals surface area contributed by atoms with Gasteiger partial charge in [0.25, 0.3) is 0 Å². The molecule has 6 N–H and O–H groups in total. The molecule has 9 rings (SSSR count). The number of pyridine rings is 2. The number of fused-ring (bicyclic) bond motifs is 8. The Morgan fingerprint density at radius 1 is 0.466 bits per heavy atom. The minimum atomic E-state index is -0.511. The van der Waals surface area contributed by atoms with E-state index >= 15 is 0 Å². The largest absolute Gasteiger partial charge is 1.00 e. The maximum Gasteiger partial charge on any atom is 0.248 e. The van der Waals surface area contributed by atoms with Crippen LogP contribution in [0.25, 0.3) is 90.9 Å².